The number of methoxy groups -OCH3 is 1. The summed E-state index contributed by atoms with van der Waals surface area (Å²) in [6, 6.07) is 10.1. The van der Waals surface area contributed by atoms with Gasteiger partial charge in [0.25, 0.3) is 5.91 Å². The number of amides is 1. The molecule has 0 fully saturated rings. The molecule has 136 valence electrons. The Balaban J connectivity index is 2.01. The van der Waals surface area contributed by atoms with E-state index in [1.165, 1.54) is 19.2 Å². The molecule has 0 aliphatic carbocycles. The van der Waals surface area contributed by atoms with Crippen molar-refractivity contribution >= 4 is 23.5 Å². The number of rotatable bonds is 7. The molecule has 9 nitrogen and oxygen atoms in total. The highest BCUT2D eigenvalue weighted by Gasteiger charge is 2.23. The van der Waals surface area contributed by atoms with Gasteiger partial charge in [-0.3, -0.25) is 14.9 Å². The zero-order chi connectivity index (χ0) is 19.1. The summed E-state index contributed by atoms with van der Waals surface area (Å²) in [5.74, 6) is -1.05. The first-order valence-electron chi connectivity index (χ1n) is 7.59. The number of phenols is 1. The molecule has 0 bridgehead atoms. The number of nitrogens with one attached hydrogen (secondary N) is 2. The van der Waals surface area contributed by atoms with E-state index in [9.17, 15) is 20.0 Å². The third-order valence-electron chi connectivity index (χ3n) is 3.39. The van der Waals surface area contributed by atoms with Crippen LogP contribution >= 0.6 is 0 Å². The fraction of sp³-hybridized carbons (Fsp3) is 0.176. The summed E-state index contributed by atoms with van der Waals surface area (Å²) in [5.41, 5.74) is 3.77. The Labute approximate surface area is 149 Å². The van der Waals surface area contributed by atoms with Crippen molar-refractivity contribution in [3.8, 4) is 11.5 Å². The van der Waals surface area contributed by atoms with Crippen LogP contribution in [0.15, 0.2) is 41.5 Å². The van der Waals surface area contributed by atoms with Crippen LogP contribution in [0.2, 0.25) is 0 Å². The SMILES string of the molecule is COc1c(O)ccc(/C=N\NC(=O)CNc2cccc(C)c2)c1[N+](=O)[O-]. The molecule has 0 heterocycles. The number of carbonyl (C=O) groups excluding carboxylic acids is 1. The number of benzene rings is 2. The lowest BCUT2D eigenvalue weighted by Gasteiger charge is -2.07. The highest BCUT2D eigenvalue weighted by atomic mass is 16.6. The molecule has 0 atom stereocenters. The summed E-state index contributed by atoms with van der Waals surface area (Å²) in [4.78, 5) is 22.3. The second-order valence-electron chi connectivity index (χ2n) is 5.33. The first kappa shape index (κ1) is 18.7. The lowest BCUT2D eigenvalue weighted by atomic mass is 10.1. The normalized spacial score (nSPS) is 10.5. The van der Waals surface area contributed by atoms with Gasteiger partial charge in [-0.25, -0.2) is 5.43 Å². The first-order chi connectivity index (χ1) is 12.4. The third kappa shape index (κ3) is 4.69. The molecule has 0 unspecified atom stereocenters. The number of hydrogen-bond donors (Lipinski definition) is 3. The standard InChI is InChI=1S/C17H18N4O5/c1-11-4-3-5-13(8-11)18-10-15(23)20-19-9-12-6-7-14(22)17(26-2)16(12)21(24)25/h3-9,18,22H,10H2,1-2H3,(H,20,23)/b19-9-. The van der Waals surface area contributed by atoms with Crippen LogP contribution < -0.4 is 15.5 Å². The van der Waals surface area contributed by atoms with Gasteiger partial charge in [-0.2, -0.15) is 5.10 Å². The van der Waals surface area contributed by atoms with Crippen molar-refractivity contribution in [2.45, 2.75) is 6.92 Å². The summed E-state index contributed by atoms with van der Waals surface area (Å²) in [6.45, 7) is 1.93. The van der Waals surface area contributed by atoms with E-state index in [2.05, 4.69) is 15.8 Å². The minimum absolute atomic E-state index is 0.0121. The predicted molar refractivity (Wildman–Crippen MR) is 96.7 cm³/mol. The van der Waals surface area contributed by atoms with Crippen LogP contribution in [-0.4, -0.2) is 35.8 Å². The number of nitro benzene ring substituents is 1. The molecule has 26 heavy (non-hydrogen) atoms. The number of nitrogens with zero attached hydrogens (tertiary/aromatic N) is 2. The average Bonchev–Trinajstić information content (AvgIpc) is 2.60. The number of hydrogen-bond acceptors (Lipinski definition) is 7. The van der Waals surface area contributed by atoms with Gasteiger partial charge in [0.15, 0.2) is 5.75 Å². The minimum atomic E-state index is -0.693. The van der Waals surface area contributed by atoms with Gasteiger partial charge >= 0.3 is 5.69 Å². The van der Waals surface area contributed by atoms with Gasteiger partial charge < -0.3 is 15.2 Å². The van der Waals surface area contributed by atoms with Gasteiger partial charge in [0.05, 0.1) is 30.4 Å². The van der Waals surface area contributed by atoms with Crippen molar-refractivity contribution in [2.75, 3.05) is 19.0 Å². The van der Waals surface area contributed by atoms with Gasteiger partial charge in [0, 0.05) is 5.69 Å². The second-order valence-corrected chi connectivity index (χ2v) is 5.33. The third-order valence-corrected chi connectivity index (χ3v) is 3.39. The molecular formula is C17H18N4O5. The van der Waals surface area contributed by atoms with Crippen molar-refractivity contribution in [1.29, 1.82) is 0 Å². The lowest BCUT2D eigenvalue weighted by Crippen LogP contribution is -2.25. The number of aromatic hydroxyl groups is 1. The molecule has 0 saturated heterocycles. The summed E-state index contributed by atoms with van der Waals surface area (Å²) in [5, 5.41) is 27.5. The highest BCUT2D eigenvalue weighted by Crippen LogP contribution is 2.37. The van der Waals surface area contributed by atoms with E-state index in [0.717, 1.165) is 17.5 Å². The molecule has 2 rings (SSSR count). The summed E-state index contributed by atoms with van der Waals surface area (Å²) < 4.78 is 4.85. The molecule has 0 spiro atoms. The molecule has 0 saturated carbocycles. The Morgan fingerprint density at radius 3 is 2.81 bits per heavy atom. The molecule has 2 aromatic carbocycles. The van der Waals surface area contributed by atoms with Crippen LogP contribution in [-0.2, 0) is 4.79 Å². The Morgan fingerprint density at radius 1 is 1.38 bits per heavy atom. The largest absolute Gasteiger partial charge is 0.504 e. The predicted octanol–water partition coefficient (Wildman–Crippen LogP) is 2.18. The number of phenolic OH excluding ortho intramolecular Hbond substituents is 1. The Morgan fingerprint density at radius 2 is 2.15 bits per heavy atom. The van der Waals surface area contributed by atoms with Crippen molar-refractivity contribution in [2.24, 2.45) is 5.10 Å². The Bertz CT molecular complexity index is 851. The van der Waals surface area contributed by atoms with Crippen LogP contribution in [0.3, 0.4) is 0 Å². The molecule has 0 aromatic heterocycles. The van der Waals surface area contributed by atoms with Gasteiger partial charge in [-0.05, 0) is 36.8 Å². The zero-order valence-corrected chi connectivity index (χ0v) is 14.2. The Kier molecular flexibility index (Phi) is 6.10. The second kappa shape index (κ2) is 8.47. The van der Waals surface area contributed by atoms with E-state index < -0.39 is 16.5 Å². The molecule has 2 aromatic rings. The lowest BCUT2D eigenvalue weighted by molar-refractivity contribution is -0.386. The molecular weight excluding hydrogens is 340 g/mol. The summed E-state index contributed by atoms with van der Waals surface area (Å²) in [7, 11) is 1.21. The molecule has 0 aliphatic rings. The molecule has 0 aliphatic heterocycles. The van der Waals surface area contributed by atoms with Crippen molar-refractivity contribution < 1.29 is 19.6 Å². The fourth-order valence-electron chi connectivity index (χ4n) is 2.22. The number of carbonyl (C=O) groups is 1. The van der Waals surface area contributed by atoms with E-state index in [4.69, 9.17) is 4.74 Å². The van der Waals surface area contributed by atoms with Crippen LogP contribution in [0.1, 0.15) is 11.1 Å². The van der Waals surface area contributed by atoms with E-state index in [0.29, 0.717) is 0 Å². The molecule has 0 radical (unpaired) electrons. The number of nitro groups is 1. The first-order valence-corrected chi connectivity index (χ1v) is 7.59. The van der Waals surface area contributed by atoms with E-state index in [1.54, 1.807) is 0 Å². The molecule has 3 N–H and O–H groups in total. The maximum atomic E-state index is 11.8. The average molecular weight is 358 g/mol. The van der Waals surface area contributed by atoms with E-state index in [1.807, 2.05) is 31.2 Å². The maximum absolute atomic E-state index is 11.8. The number of hydrazone groups is 1. The quantitative estimate of drug-likeness (QED) is 0.396. The smallest absolute Gasteiger partial charge is 0.323 e. The van der Waals surface area contributed by atoms with Gasteiger partial charge in [-0.15, -0.1) is 0 Å². The maximum Gasteiger partial charge on any atom is 0.323 e. The van der Waals surface area contributed by atoms with Gasteiger partial charge in [0.2, 0.25) is 5.75 Å². The van der Waals surface area contributed by atoms with Crippen molar-refractivity contribution in [1.82, 2.24) is 5.43 Å². The van der Waals surface area contributed by atoms with E-state index >= 15 is 0 Å². The highest BCUT2D eigenvalue weighted by molar-refractivity contribution is 5.89. The van der Waals surface area contributed by atoms with Gasteiger partial charge in [0.1, 0.15) is 0 Å². The van der Waals surface area contributed by atoms with Crippen LogP contribution in [0, 0.1) is 17.0 Å². The number of ether oxygens (including phenoxy) is 1. The topological polar surface area (TPSA) is 126 Å². The van der Waals surface area contributed by atoms with Crippen LogP contribution in [0.4, 0.5) is 11.4 Å². The van der Waals surface area contributed by atoms with Gasteiger partial charge in [-0.1, -0.05) is 12.1 Å². The molecule has 1 amide bonds. The van der Waals surface area contributed by atoms with Crippen LogP contribution in [0.25, 0.3) is 0 Å². The number of anilines is 1. The zero-order valence-electron chi connectivity index (χ0n) is 14.2. The number of aryl methyl sites for hydroxylation is 1. The van der Waals surface area contributed by atoms with Crippen LogP contribution in [0.5, 0.6) is 11.5 Å². The molecule has 9 heteroatoms. The monoisotopic (exact) mass is 358 g/mol. The summed E-state index contributed by atoms with van der Waals surface area (Å²) in [6.07, 6.45) is 1.12. The van der Waals surface area contributed by atoms with E-state index in [-0.39, 0.29) is 23.6 Å². The fourth-order valence-corrected chi connectivity index (χ4v) is 2.22. The van der Waals surface area contributed by atoms with Crippen molar-refractivity contribution in [3.05, 3.63) is 57.6 Å². The Hall–Kier alpha value is -3.62. The minimum Gasteiger partial charge on any atom is -0.504 e. The van der Waals surface area contributed by atoms with Crippen molar-refractivity contribution in [3.63, 3.8) is 0 Å². The summed E-state index contributed by atoms with van der Waals surface area (Å²) >= 11 is 0.